The number of aliphatic hydroxyl groups is 1. The summed E-state index contributed by atoms with van der Waals surface area (Å²) in [6.07, 6.45) is 4.19. The van der Waals surface area contributed by atoms with Crippen LogP contribution in [0, 0.1) is 5.92 Å². The maximum Gasteiger partial charge on any atom is 0.231 e. The Kier molecular flexibility index (Phi) is 3.95. The minimum absolute atomic E-state index is 0.130. The van der Waals surface area contributed by atoms with E-state index >= 15 is 0 Å². The lowest BCUT2D eigenvalue weighted by atomic mass is 9.77. The van der Waals surface area contributed by atoms with Crippen LogP contribution in [0.4, 0.5) is 0 Å². The van der Waals surface area contributed by atoms with Gasteiger partial charge in [0.05, 0.1) is 6.61 Å². The molecule has 116 valence electrons. The highest BCUT2D eigenvalue weighted by Crippen LogP contribution is 2.38. The van der Waals surface area contributed by atoms with Gasteiger partial charge < -0.3 is 25.0 Å². The summed E-state index contributed by atoms with van der Waals surface area (Å²) >= 11 is 0. The quantitative estimate of drug-likeness (QED) is 0.793. The molecule has 0 spiro atoms. The summed E-state index contributed by atoms with van der Waals surface area (Å²) in [5.74, 6) is 2.17. The summed E-state index contributed by atoms with van der Waals surface area (Å²) in [6.45, 7) is 3.09. The Morgan fingerprint density at radius 2 is 1.90 bits per heavy atom. The molecule has 0 unspecified atom stereocenters. The fourth-order valence-electron chi connectivity index (χ4n) is 3.10. The number of benzene rings is 1. The zero-order valence-corrected chi connectivity index (χ0v) is 12.4. The molecule has 0 bridgehead atoms. The third-order valence-electron chi connectivity index (χ3n) is 4.76. The average Bonchev–Trinajstić information content (AvgIpc) is 2.94. The Labute approximate surface area is 124 Å². The normalized spacial score (nSPS) is 27.8. The van der Waals surface area contributed by atoms with E-state index in [-0.39, 0.29) is 24.7 Å². The van der Waals surface area contributed by atoms with Crippen LogP contribution in [0.5, 0.6) is 17.2 Å². The van der Waals surface area contributed by atoms with Crippen LogP contribution in [-0.2, 0) is 6.54 Å². The number of rotatable bonds is 4. The molecule has 2 aliphatic rings. The molecule has 3 N–H and O–H groups in total. The molecule has 1 aliphatic carbocycles. The van der Waals surface area contributed by atoms with Gasteiger partial charge in [-0.25, -0.2) is 0 Å². The minimum atomic E-state index is -0.227. The van der Waals surface area contributed by atoms with Gasteiger partial charge in [0.25, 0.3) is 0 Å². The van der Waals surface area contributed by atoms with E-state index in [1.165, 1.54) is 0 Å². The van der Waals surface area contributed by atoms with Gasteiger partial charge in [-0.2, -0.15) is 0 Å². The number of aromatic hydroxyl groups is 1. The molecular formula is C16H23NO4. The Morgan fingerprint density at radius 1 is 1.24 bits per heavy atom. The number of ether oxygens (including phenoxy) is 2. The van der Waals surface area contributed by atoms with Crippen molar-refractivity contribution in [2.24, 2.45) is 5.92 Å². The lowest BCUT2D eigenvalue weighted by molar-refractivity contribution is 0.104. The van der Waals surface area contributed by atoms with E-state index in [9.17, 15) is 10.2 Å². The van der Waals surface area contributed by atoms with Gasteiger partial charge in [-0.3, -0.25) is 0 Å². The molecule has 21 heavy (non-hydrogen) atoms. The first-order chi connectivity index (χ1) is 10.1. The van der Waals surface area contributed by atoms with Gasteiger partial charge in [0, 0.05) is 23.7 Å². The molecule has 1 aromatic rings. The van der Waals surface area contributed by atoms with E-state index in [4.69, 9.17) is 9.47 Å². The molecule has 3 rings (SSSR count). The van der Waals surface area contributed by atoms with Crippen molar-refractivity contribution in [3.05, 3.63) is 17.7 Å². The van der Waals surface area contributed by atoms with Crippen LogP contribution >= 0.6 is 0 Å². The monoisotopic (exact) mass is 293 g/mol. The van der Waals surface area contributed by atoms with Gasteiger partial charge >= 0.3 is 0 Å². The van der Waals surface area contributed by atoms with E-state index in [1.807, 2.05) is 0 Å². The highest BCUT2D eigenvalue weighted by Gasteiger charge is 2.33. The molecule has 1 fully saturated rings. The molecule has 5 nitrogen and oxygen atoms in total. The van der Waals surface area contributed by atoms with Crippen molar-refractivity contribution in [2.45, 2.75) is 44.7 Å². The van der Waals surface area contributed by atoms with Crippen molar-refractivity contribution in [1.29, 1.82) is 0 Å². The SMILES string of the molecule is CC1CCC(CO)(NCc2cc3c(cc2O)OCO3)CC1. The Bertz CT molecular complexity index is 509. The maximum absolute atomic E-state index is 10.1. The molecule has 0 aromatic heterocycles. The predicted molar refractivity (Wildman–Crippen MR) is 78.5 cm³/mol. The van der Waals surface area contributed by atoms with Crippen molar-refractivity contribution in [3.8, 4) is 17.2 Å². The van der Waals surface area contributed by atoms with Crippen molar-refractivity contribution < 1.29 is 19.7 Å². The van der Waals surface area contributed by atoms with E-state index in [1.54, 1.807) is 12.1 Å². The molecule has 1 heterocycles. The van der Waals surface area contributed by atoms with Crippen LogP contribution in [0.25, 0.3) is 0 Å². The van der Waals surface area contributed by atoms with Gasteiger partial charge in [-0.05, 0) is 37.7 Å². The Hall–Kier alpha value is -1.46. The van der Waals surface area contributed by atoms with Crippen LogP contribution in [0.15, 0.2) is 12.1 Å². The van der Waals surface area contributed by atoms with Crippen molar-refractivity contribution >= 4 is 0 Å². The molecule has 0 radical (unpaired) electrons. The standard InChI is InChI=1S/C16H23NO4/c1-11-2-4-16(9-18,5-3-11)17-8-12-6-14-15(7-13(12)19)21-10-20-14/h6-7,11,17-19H,2-5,8-10H2,1H3. The molecule has 0 amide bonds. The van der Waals surface area contributed by atoms with Crippen LogP contribution in [0.3, 0.4) is 0 Å². The Balaban J connectivity index is 1.69. The van der Waals surface area contributed by atoms with Gasteiger partial charge in [-0.15, -0.1) is 0 Å². The molecule has 1 aromatic carbocycles. The third-order valence-corrected chi connectivity index (χ3v) is 4.76. The van der Waals surface area contributed by atoms with Crippen LogP contribution in [0.2, 0.25) is 0 Å². The smallest absolute Gasteiger partial charge is 0.231 e. The number of nitrogens with one attached hydrogen (secondary N) is 1. The van der Waals surface area contributed by atoms with Crippen molar-refractivity contribution in [3.63, 3.8) is 0 Å². The summed E-state index contributed by atoms with van der Waals surface area (Å²) in [5.41, 5.74) is 0.542. The van der Waals surface area contributed by atoms with E-state index in [2.05, 4.69) is 12.2 Å². The summed E-state index contributed by atoms with van der Waals surface area (Å²) in [6, 6.07) is 3.40. The second-order valence-corrected chi connectivity index (χ2v) is 6.31. The molecule has 1 aliphatic heterocycles. The lowest BCUT2D eigenvalue weighted by Crippen LogP contribution is -2.50. The van der Waals surface area contributed by atoms with E-state index < -0.39 is 0 Å². The molecule has 0 atom stereocenters. The zero-order chi connectivity index (χ0) is 14.9. The van der Waals surface area contributed by atoms with Gasteiger partial charge in [0.2, 0.25) is 6.79 Å². The van der Waals surface area contributed by atoms with Crippen LogP contribution in [-0.4, -0.2) is 29.2 Å². The number of phenols is 1. The lowest BCUT2D eigenvalue weighted by Gasteiger charge is -2.39. The molecule has 0 saturated heterocycles. The summed E-state index contributed by atoms with van der Waals surface area (Å²) in [4.78, 5) is 0. The first kappa shape index (κ1) is 14.5. The zero-order valence-electron chi connectivity index (χ0n) is 12.4. The topological polar surface area (TPSA) is 71.0 Å². The Morgan fingerprint density at radius 3 is 2.57 bits per heavy atom. The second kappa shape index (κ2) is 5.73. The summed E-state index contributed by atoms with van der Waals surface area (Å²) in [7, 11) is 0. The number of aliphatic hydroxyl groups excluding tert-OH is 1. The molecule has 5 heteroatoms. The van der Waals surface area contributed by atoms with Gasteiger partial charge in [0.15, 0.2) is 11.5 Å². The molecular weight excluding hydrogens is 270 g/mol. The number of hydrogen-bond acceptors (Lipinski definition) is 5. The molecule has 1 saturated carbocycles. The predicted octanol–water partition coefficient (Wildman–Crippen LogP) is 2.15. The number of phenolic OH excluding ortho intramolecular Hbond substituents is 1. The van der Waals surface area contributed by atoms with Crippen molar-refractivity contribution in [2.75, 3.05) is 13.4 Å². The third kappa shape index (κ3) is 2.94. The highest BCUT2D eigenvalue weighted by atomic mass is 16.7. The van der Waals surface area contributed by atoms with Gasteiger partial charge in [-0.1, -0.05) is 6.92 Å². The maximum atomic E-state index is 10.1. The average molecular weight is 293 g/mol. The van der Waals surface area contributed by atoms with Gasteiger partial charge in [0.1, 0.15) is 5.75 Å². The van der Waals surface area contributed by atoms with E-state index in [0.717, 1.165) is 37.2 Å². The van der Waals surface area contributed by atoms with Crippen molar-refractivity contribution in [1.82, 2.24) is 5.32 Å². The number of fused-ring (bicyclic) bond motifs is 1. The minimum Gasteiger partial charge on any atom is -0.507 e. The first-order valence-corrected chi connectivity index (χ1v) is 7.59. The number of hydrogen-bond donors (Lipinski definition) is 3. The largest absolute Gasteiger partial charge is 0.507 e. The second-order valence-electron chi connectivity index (χ2n) is 6.31. The first-order valence-electron chi connectivity index (χ1n) is 7.59. The summed E-state index contributed by atoms with van der Waals surface area (Å²) in [5, 5.41) is 23.3. The van der Waals surface area contributed by atoms with Crippen LogP contribution < -0.4 is 14.8 Å². The highest BCUT2D eigenvalue weighted by molar-refractivity contribution is 5.51. The van der Waals surface area contributed by atoms with Crippen LogP contribution in [0.1, 0.15) is 38.2 Å². The summed E-state index contributed by atoms with van der Waals surface area (Å²) < 4.78 is 10.6. The fourth-order valence-corrected chi connectivity index (χ4v) is 3.10. The fraction of sp³-hybridized carbons (Fsp3) is 0.625. The van der Waals surface area contributed by atoms with E-state index in [0.29, 0.717) is 18.0 Å².